The predicted octanol–water partition coefficient (Wildman–Crippen LogP) is 2.24. The fourth-order valence-electron chi connectivity index (χ4n) is 2.08. The minimum atomic E-state index is -1.61. The lowest BCUT2D eigenvalue weighted by Crippen LogP contribution is -2.45. The molecule has 1 unspecified atom stereocenters. The molecule has 0 amide bonds. The Morgan fingerprint density at radius 1 is 1.20 bits per heavy atom. The molecule has 0 radical (unpaired) electrons. The summed E-state index contributed by atoms with van der Waals surface area (Å²) in [6, 6.07) is 12.7. The number of para-hydroxylation sites is 1. The molecule has 2 N–H and O–H groups in total. The van der Waals surface area contributed by atoms with E-state index < -0.39 is 11.5 Å². The van der Waals surface area contributed by atoms with E-state index in [2.05, 4.69) is 4.99 Å². The van der Waals surface area contributed by atoms with E-state index in [0.29, 0.717) is 23.1 Å². The second-order valence-corrected chi connectivity index (χ2v) is 4.46. The lowest BCUT2D eigenvalue weighted by molar-refractivity contribution is -0.123. The third kappa shape index (κ3) is 1.98. The van der Waals surface area contributed by atoms with E-state index in [-0.39, 0.29) is 5.90 Å². The van der Waals surface area contributed by atoms with E-state index in [4.69, 9.17) is 10.5 Å². The number of nitrogens with zero attached hydrogens (tertiary/aromatic N) is 1. The van der Waals surface area contributed by atoms with Gasteiger partial charge in [-0.1, -0.05) is 24.3 Å². The fraction of sp³-hybridized carbons (Fsp3) is 0.0667. The number of benzene rings is 2. The Balaban J connectivity index is 2.16. The molecule has 0 spiro atoms. The van der Waals surface area contributed by atoms with E-state index in [1.165, 1.54) is 18.2 Å². The molecule has 0 fully saturated rings. The van der Waals surface area contributed by atoms with Crippen LogP contribution in [0.15, 0.2) is 53.5 Å². The smallest absolute Gasteiger partial charge is 0.244 e. The summed E-state index contributed by atoms with van der Waals surface area (Å²) < 4.78 is 18.8. The topological polar surface area (TPSA) is 64.7 Å². The molecule has 100 valence electrons. The molecule has 4 nitrogen and oxygen atoms in total. The molecular formula is C15H11FN2O2. The minimum absolute atomic E-state index is 0.123. The van der Waals surface area contributed by atoms with E-state index in [0.717, 1.165) is 0 Å². The number of carbonyl (C=O) groups excluding carboxylic acids is 1. The van der Waals surface area contributed by atoms with Gasteiger partial charge in [0.1, 0.15) is 5.82 Å². The van der Waals surface area contributed by atoms with Crippen molar-refractivity contribution in [1.29, 1.82) is 0 Å². The number of nitrogens with two attached hydrogens (primary N) is 1. The standard InChI is InChI=1S/C15H11FN2O2/c16-11-5-3-4-10(8-11)14-18-13-7-2-1-6-12(13)15(17,9-19)20-14/h1-9H,17H2. The van der Waals surface area contributed by atoms with Gasteiger partial charge in [-0.3, -0.25) is 10.5 Å². The third-order valence-electron chi connectivity index (χ3n) is 3.06. The average molecular weight is 270 g/mol. The highest BCUT2D eigenvalue weighted by Crippen LogP contribution is 2.34. The van der Waals surface area contributed by atoms with Crippen LogP contribution in [0.5, 0.6) is 0 Å². The van der Waals surface area contributed by atoms with Gasteiger partial charge in [-0.05, 0) is 24.3 Å². The van der Waals surface area contributed by atoms with Crippen LogP contribution < -0.4 is 5.73 Å². The van der Waals surface area contributed by atoms with Gasteiger partial charge in [-0.15, -0.1) is 0 Å². The summed E-state index contributed by atoms with van der Waals surface area (Å²) in [4.78, 5) is 15.6. The van der Waals surface area contributed by atoms with Gasteiger partial charge >= 0.3 is 0 Å². The van der Waals surface area contributed by atoms with Gasteiger partial charge in [0.25, 0.3) is 0 Å². The molecule has 0 aliphatic carbocycles. The number of hydrogen-bond acceptors (Lipinski definition) is 4. The fourth-order valence-corrected chi connectivity index (χ4v) is 2.08. The van der Waals surface area contributed by atoms with Crippen molar-refractivity contribution < 1.29 is 13.9 Å². The van der Waals surface area contributed by atoms with E-state index in [1.54, 1.807) is 30.3 Å². The highest BCUT2D eigenvalue weighted by atomic mass is 19.1. The van der Waals surface area contributed by atoms with Crippen LogP contribution in [0.1, 0.15) is 11.1 Å². The van der Waals surface area contributed by atoms with Crippen molar-refractivity contribution in [3.8, 4) is 0 Å². The second kappa shape index (κ2) is 4.54. The Morgan fingerprint density at radius 3 is 2.75 bits per heavy atom. The number of ether oxygens (including phenoxy) is 1. The van der Waals surface area contributed by atoms with Crippen molar-refractivity contribution in [1.82, 2.24) is 0 Å². The summed E-state index contributed by atoms with van der Waals surface area (Å²) in [7, 11) is 0. The quantitative estimate of drug-likeness (QED) is 0.851. The summed E-state index contributed by atoms with van der Waals surface area (Å²) >= 11 is 0. The molecular weight excluding hydrogens is 259 g/mol. The molecule has 20 heavy (non-hydrogen) atoms. The summed E-state index contributed by atoms with van der Waals surface area (Å²) in [6.45, 7) is 0. The number of rotatable bonds is 2. The number of halogens is 1. The Bertz CT molecular complexity index is 715. The van der Waals surface area contributed by atoms with Crippen LogP contribution in [0.2, 0.25) is 0 Å². The molecule has 0 bridgehead atoms. The molecule has 0 saturated heterocycles. The van der Waals surface area contributed by atoms with Gasteiger partial charge in [-0.25, -0.2) is 9.38 Å². The number of aliphatic imine (C=N–C) groups is 1. The maximum Gasteiger partial charge on any atom is 0.244 e. The molecule has 0 saturated carbocycles. The number of fused-ring (bicyclic) bond motifs is 1. The van der Waals surface area contributed by atoms with Crippen LogP contribution in [0.3, 0.4) is 0 Å². The zero-order valence-electron chi connectivity index (χ0n) is 10.4. The number of aldehydes is 1. The molecule has 0 aromatic heterocycles. The Kier molecular flexibility index (Phi) is 2.84. The highest BCUT2D eigenvalue weighted by molar-refractivity contribution is 5.99. The third-order valence-corrected chi connectivity index (χ3v) is 3.06. The molecule has 1 heterocycles. The zero-order valence-corrected chi connectivity index (χ0v) is 10.4. The van der Waals surface area contributed by atoms with Crippen molar-refractivity contribution in [2.45, 2.75) is 5.72 Å². The van der Waals surface area contributed by atoms with Gasteiger partial charge in [0.15, 0.2) is 6.29 Å². The first-order valence-corrected chi connectivity index (χ1v) is 6.01. The van der Waals surface area contributed by atoms with Crippen molar-refractivity contribution in [3.05, 3.63) is 65.5 Å². The van der Waals surface area contributed by atoms with Crippen molar-refractivity contribution in [2.75, 3.05) is 0 Å². The molecule has 2 aromatic rings. The lowest BCUT2D eigenvalue weighted by Gasteiger charge is -2.30. The van der Waals surface area contributed by atoms with Gasteiger partial charge in [-0.2, -0.15) is 0 Å². The molecule has 1 atom stereocenters. The van der Waals surface area contributed by atoms with Crippen molar-refractivity contribution >= 4 is 17.9 Å². The second-order valence-electron chi connectivity index (χ2n) is 4.46. The number of hydrogen-bond donors (Lipinski definition) is 1. The van der Waals surface area contributed by atoms with E-state index in [9.17, 15) is 9.18 Å². The van der Waals surface area contributed by atoms with Crippen LogP contribution in [0.4, 0.5) is 10.1 Å². The minimum Gasteiger partial charge on any atom is -0.444 e. The SMILES string of the molecule is NC1(C=O)OC(c2cccc(F)c2)=Nc2ccccc21. The van der Waals surface area contributed by atoms with E-state index in [1.807, 2.05) is 0 Å². The van der Waals surface area contributed by atoms with Crippen molar-refractivity contribution in [3.63, 3.8) is 0 Å². The first kappa shape index (κ1) is 12.5. The zero-order chi connectivity index (χ0) is 14.2. The normalized spacial score (nSPS) is 20.6. The predicted molar refractivity (Wildman–Crippen MR) is 72.1 cm³/mol. The molecule has 1 aliphatic heterocycles. The molecule has 2 aromatic carbocycles. The summed E-state index contributed by atoms with van der Waals surface area (Å²) in [5.41, 5.74) is 5.80. The Morgan fingerprint density at radius 2 is 2.00 bits per heavy atom. The summed E-state index contributed by atoms with van der Waals surface area (Å²) in [6.07, 6.45) is 0.514. The van der Waals surface area contributed by atoms with E-state index >= 15 is 0 Å². The lowest BCUT2D eigenvalue weighted by atomic mass is 10.0. The first-order valence-electron chi connectivity index (χ1n) is 6.01. The maximum absolute atomic E-state index is 13.3. The first-order chi connectivity index (χ1) is 9.62. The van der Waals surface area contributed by atoms with Crippen molar-refractivity contribution in [2.24, 2.45) is 10.7 Å². The highest BCUT2D eigenvalue weighted by Gasteiger charge is 2.36. The van der Waals surface area contributed by atoms with Crippen LogP contribution >= 0.6 is 0 Å². The van der Waals surface area contributed by atoms with Crippen LogP contribution in [-0.2, 0) is 15.3 Å². The van der Waals surface area contributed by atoms with Gasteiger partial charge in [0.05, 0.1) is 5.69 Å². The van der Waals surface area contributed by atoms with Gasteiger partial charge in [0.2, 0.25) is 11.6 Å². The molecule has 3 rings (SSSR count). The maximum atomic E-state index is 13.3. The Labute approximate surface area is 114 Å². The monoisotopic (exact) mass is 270 g/mol. The summed E-state index contributed by atoms with van der Waals surface area (Å²) in [5.74, 6) is -0.292. The molecule has 1 aliphatic rings. The van der Waals surface area contributed by atoms with Crippen LogP contribution in [0, 0.1) is 5.82 Å². The van der Waals surface area contributed by atoms with Gasteiger partial charge in [0, 0.05) is 11.1 Å². The summed E-state index contributed by atoms with van der Waals surface area (Å²) in [5, 5.41) is 0. The molecule has 5 heteroatoms. The largest absolute Gasteiger partial charge is 0.444 e. The van der Waals surface area contributed by atoms with Crippen LogP contribution in [0.25, 0.3) is 0 Å². The average Bonchev–Trinajstić information content (AvgIpc) is 2.47. The number of carbonyl (C=O) groups is 1. The Hall–Kier alpha value is -2.53. The van der Waals surface area contributed by atoms with Crippen LogP contribution in [-0.4, -0.2) is 12.2 Å². The van der Waals surface area contributed by atoms with Gasteiger partial charge < -0.3 is 4.74 Å².